The quantitative estimate of drug-likeness (QED) is 0.717. The van der Waals surface area contributed by atoms with Gasteiger partial charge in [-0.05, 0) is 36.8 Å². The van der Waals surface area contributed by atoms with Gasteiger partial charge < -0.3 is 10.6 Å². The summed E-state index contributed by atoms with van der Waals surface area (Å²) in [5.74, 6) is -1.73. The number of rotatable bonds is 5. The number of hydrogen-bond acceptors (Lipinski definition) is 3. The molecule has 1 heterocycles. The number of nitrogens with zero attached hydrogens (tertiary/aromatic N) is 1. The number of carbonyl (C=O) groups is 1. The predicted octanol–water partition coefficient (Wildman–Crippen LogP) is 4.34. The van der Waals surface area contributed by atoms with Gasteiger partial charge in [0.25, 0.3) is 5.91 Å². The van der Waals surface area contributed by atoms with E-state index in [0.29, 0.717) is 12.2 Å². The van der Waals surface area contributed by atoms with Crippen molar-refractivity contribution in [2.24, 2.45) is 0 Å². The van der Waals surface area contributed by atoms with Crippen molar-refractivity contribution in [1.29, 1.82) is 0 Å². The maximum Gasteiger partial charge on any atom is 0.270 e. The number of benzene rings is 2. The maximum absolute atomic E-state index is 13.6. The number of para-hydroxylation sites is 1. The Labute approximate surface area is 149 Å². The Kier molecular flexibility index (Phi) is 5.22. The lowest BCUT2D eigenvalue weighted by molar-refractivity contribution is 0.0946. The highest BCUT2D eigenvalue weighted by Crippen LogP contribution is 2.22. The third-order valence-electron chi connectivity index (χ3n) is 3.80. The molecule has 6 heteroatoms. The van der Waals surface area contributed by atoms with Gasteiger partial charge in [-0.15, -0.1) is 0 Å². The average Bonchev–Trinajstić information content (AvgIpc) is 2.65. The highest BCUT2D eigenvalue weighted by Gasteiger charge is 2.10. The van der Waals surface area contributed by atoms with Gasteiger partial charge in [0.05, 0.1) is 11.9 Å². The molecular weight excluding hydrogens is 336 g/mol. The number of hydrogen-bond donors (Lipinski definition) is 2. The summed E-state index contributed by atoms with van der Waals surface area (Å²) in [5, 5.41) is 5.41. The fraction of sp³-hybridized carbons (Fsp3) is 0.100. The molecule has 1 amide bonds. The lowest BCUT2D eigenvalue weighted by Crippen LogP contribution is -2.23. The lowest BCUT2D eigenvalue weighted by Gasteiger charge is -2.09. The number of amides is 1. The van der Waals surface area contributed by atoms with Crippen molar-refractivity contribution in [3.05, 3.63) is 89.2 Å². The van der Waals surface area contributed by atoms with E-state index in [9.17, 15) is 13.6 Å². The molecule has 0 aliphatic heterocycles. The summed E-state index contributed by atoms with van der Waals surface area (Å²) in [6.07, 6.45) is 1.35. The van der Waals surface area contributed by atoms with Crippen LogP contribution in [0.15, 0.2) is 60.8 Å². The first-order valence-corrected chi connectivity index (χ1v) is 8.04. The number of pyridine rings is 1. The van der Waals surface area contributed by atoms with Gasteiger partial charge in [-0.3, -0.25) is 4.79 Å². The summed E-state index contributed by atoms with van der Waals surface area (Å²) in [6.45, 7) is 2.39. The molecule has 26 heavy (non-hydrogen) atoms. The van der Waals surface area contributed by atoms with Crippen molar-refractivity contribution in [2.45, 2.75) is 13.5 Å². The van der Waals surface area contributed by atoms with E-state index >= 15 is 0 Å². The minimum atomic E-state index is -0.704. The van der Waals surface area contributed by atoms with Gasteiger partial charge in [-0.25, -0.2) is 13.8 Å². The minimum absolute atomic E-state index is 0.219. The molecule has 0 saturated carbocycles. The number of nitrogens with one attached hydrogen (secondary N) is 2. The summed E-state index contributed by atoms with van der Waals surface area (Å²) >= 11 is 0. The second-order valence-corrected chi connectivity index (χ2v) is 5.82. The molecule has 2 N–H and O–H groups in total. The SMILES string of the molecule is Cc1ccc(CNC(=O)c2ccc(Nc3c(F)cccc3F)cn2)cc1. The first-order valence-electron chi connectivity index (χ1n) is 8.04. The summed E-state index contributed by atoms with van der Waals surface area (Å²) in [4.78, 5) is 16.2. The normalized spacial score (nSPS) is 10.4. The van der Waals surface area contributed by atoms with Gasteiger partial charge in [0, 0.05) is 6.54 Å². The third kappa shape index (κ3) is 4.22. The van der Waals surface area contributed by atoms with E-state index in [-0.39, 0.29) is 17.3 Å². The van der Waals surface area contributed by atoms with Crippen LogP contribution in [0.1, 0.15) is 21.6 Å². The van der Waals surface area contributed by atoms with E-state index in [1.165, 1.54) is 18.3 Å². The summed E-state index contributed by atoms with van der Waals surface area (Å²) in [5.41, 5.74) is 2.47. The van der Waals surface area contributed by atoms with E-state index in [2.05, 4.69) is 15.6 Å². The van der Waals surface area contributed by atoms with Crippen molar-refractivity contribution in [1.82, 2.24) is 10.3 Å². The van der Waals surface area contributed by atoms with Crippen molar-refractivity contribution in [2.75, 3.05) is 5.32 Å². The van der Waals surface area contributed by atoms with Gasteiger partial charge in [-0.2, -0.15) is 0 Å². The molecule has 0 unspecified atom stereocenters. The van der Waals surface area contributed by atoms with E-state index in [1.54, 1.807) is 6.07 Å². The van der Waals surface area contributed by atoms with E-state index < -0.39 is 11.6 Å². The third-order valence-corrected chi connectivity index (χ3v) is 3.80. The Balaban J connectivity index is 1.63. The molecule has 3 rings (SSSR count). The van der Waals surface area contributed by atoms with Crippen molar-refractivity contribution in [3.63, 3.8) is 0 Å². The molecule has 0 atom stereocenters. The zero-order chi connectivity index (χ0) is 18.5. The second kappa shape index (κ2) is 7.74. The molecule has 0 fully saturated rings. The second-order valence-electron chi connectivity index (χ2n) is 5.82. The molecule has 0 saturated heterocycles. The van der Waals surface area contributed by atoms with Crippen LogP contribution in [0.25, 0.3) is 0 Å². The minimum Gasteiger partial charge on any atom is -0.349 e. The molecular formula is C20H17F2N3O. The molecule has 1 aromatic heterocycles. The molecule has 4 nitrogen and oxygen atoms in total. The maximum atomic E-state index is 13.6. The Morgan fingerprint density at radius 2 is 1.69 bits per heavy atom. The Morgan fingerprint density at radius 3 is 2.31 bits per heavy atom. The van der Waals surface area contributed by atoms with Gasteiger partial charge in [0.2, 0.25) is 0 Å². The Morgan fingerprint density at radius 1 is 1.00 bits per heavy atom. The molecule has 3 aromatic rings. The first-order chi connectivity index (χ1) is 12.5. The average molecular weight is 353 g/mol. The Bertz CT molecular complexity index is 889. The molecule has 2 aromatic carbocycles. The van der Waals surface area contributed by atoms with Crippen LogP contribution in [0.5, 0.6) is 0 Å². The van der Waals surface area contributed by atoms with E-state index in [1.807, 2.05) is 31.2 Å². The topological polar surface area (TPSA) is 54.0 Å². The number of aryl methyl sites for hydroxylation is 1. The van der Waals surface area contributed by atoms with Crippen LogP contribution in [0, 0.1) is 18.6 Å². The molecule has 0 spiro atoms. The molecule has 0 radical (unpaired) electrons. The van der Waals surface area contributed by atoms with Crippen molar-refractivity contribution in [3.8, 4) is 0 Å². The molecule has 0 aliphatic carbocycles. The Hall–Kier alpha value is -3.28. The zero-order valence-corrected chi connectivity index (χ0v) is 14.1. The predicted molar refractivity (Wildman–Crippen MR) is 96.2 cm³/mol. The first kappa shape index (κ1) is 17.5. The van der Waals surface area contributed by atoms with Crippen LogP contribution in [0.4, 0.5) is 20.2 Å². The van der Waals surface area contributed by atoms with Gasteiger partial charge in [-0.1, -0.05) is 35.9 Å². The van der Waals surface area contributed by atoms with Gasteiger partial charge in [0.1, 0.15) is 23.0 Å². The summed E-state index contributed by atoms with van der Waals surface area (Å²) < 4.78 is 27.3. The fourth-order valence-corrected chi connectivity index (χ4v) is 2.34. The molecule has 132 valence electrons. The van der Waals surface area contributed by atoms with Crippen molar-refractivity contribution >= 4 is 17.3 Å². The summed E-state index contributed by atoms with van der Waals surface area (Å²) in [6, 6.07) is 14.5. The van der Waals surface area contributed by atoms with Gasteiger partial charge >= 0.3 is 0 Å². The standard InChI is InChI=1S/C20H17F2N3O/c1-13-5-7-14(8-6-13)11-24-20(26)18-10-9-15(12-23-18)25-19-16(21)3-2-4-17(19)22/h2-10,12,25H,11H2,1H3,(H,24,26). The monoisotopic (exact) mass is 353 g/mol. The van der Waals surface area contributed by atoms with Gasteiger partial charge in [0.15, 0.2) is 0 Å². The van der Waals surface area contributed by atoms with Crippen LogP contribution < -0.4 is 10.6 Å². The molecule has 0 aliphatic rings. The van der Waals surface area contributed by atoms with Crippen molar-refractivity contribution < 1.29 is 13.6 Å². The zero-order valence-electron chi connectivity index (χ0n) is 14.1. The summed E-state index contributed by atoms with van der Waals surface area (Å²) in [7, 11) is 0. The number of carbonyl (C=O) groups excluding carboxylic acids is 1. The van der Waals surface area contributed by atoms with E-state index in [4.69, 9.17) is 0 Å². The highest BCUT2D eigenvalue weighted by atomic mass is 19.1. The number of anilines is 2. The fourth-order valence-electron chi connectivity index (χ4n) is 2.34. The molecule has 0 bridgehead atoms. The van der Waals surface area contributed by atoms with Crippen LogP contribution >= 0.6 is 0 Å². The van der Waals surface area contributed by atoms with Crippen LogP contribution in [0.3, 0.4) is 0 Å². The largest absolute Gasteiger partial charge is 0.349 e. The number of halogens is 2. The van der Waals surface area contributed by atoms with E-state index in [0.717, 1.165) is 23.3 Å². The van der Waals surface area contributed by atoms with Crippen LogP contribution in [-0.2, 0) is 6.54 Å². The van der Waals surface area contributed by atoms with Crippen LogP contribution in [0.2, 0.25) is 0 Å². The van der Waals surface area contributed by atoms with Crippen LogP contribution in [-0.4, -0.2) is 10.9 Å². The highest BCUT2D eigenvalue weighted by molar-refractivity contribution is 5.92. The number of aromatic nitrogens is 1. The smallest absolute Gasteiger partial charge is 0.270 e. The lowest BCUT2D eigenvalue weighted by atomic mass is 10.1.